The number of rotatable bonds is 5. The number of carboxylic acids is 1. The highest BCUT2D eigenvalue weighted by Gasteiger charge is 2.51. The summed E-state index contributed by atoms with van der Waals surface area (Å²) in [6.07, 6.45) is 0. The molecule has 25 heavy (non-hydrogen) atoms. The lowest BCUT2D eigenvalue weighted by Gasteiger charge is -2.33. The Kier molecular flexibility index (Phi) is 5.57. The van der Waals surface area contributed by atoms with Crippen molar-refractivity contribution >= 4 is 17.9 Å². The molecular weight excluding hydrogens is 338 g/mol. The van der Waals surface area contributed by atoms with Crippen molar-refractivity contribution in [3.05, 3.63) is 35.4 Å². The third-order valence-electron chi connectivity index (χ3n) is 3.12. The molecule has 1 rings (SSSR count). The Morgan fingerprint density at radius 2 is 1.20 bits per heavy atom. The maximum absolute atomic E-state index is 13.5. The molecule has 0 aliphatic carbocycles. The number of hydrogen-bond donors (Lipinski definition) is 0. The molecule has 138 valence electrons. The van der Waals surface area contributed by atoms with E-state index < -0.39 is 35.0 Å². The van der Waals surface area contributed by atoms with Crippen molar-refractivity contribution < 1.29 is 37.7 Å². The van der Waals surface area contributed by atoms with Crippen molar-refractivity contribution in [3.63, 3.8) is 0 Å². The van der Waals surface area contributed by atoms with Gasteiger partial charge in [0.25, 0.3) is 0 Å². The number of carbonyl (C=O) groups excluding carboxylic acids is 3. The van der Waals surface area contributed by atoms with E-state index in [9.17, 15) is 28.3 Å². The highest BCUT2D eigenvalue weighted by atomic mass is 19.3. The average Bonchev–Trinajstić information content (AvgIpc) is 2.44. The van der Waals surface area contributed by atoms with Crippen molar-refractivity contribution in [3.8, 4) is 0 Å². The Morgan fingerprint density at radius 3 is 1.52 bits per heavy atom. The van der Waals surface area contributed by atoms with Crippen LogP contribution >= 0.6 is 0 Å². The maximum Gasteiger partial charge on any atom is 0.338 e. The quantitative estimate of drug-likeness (QED) is 0.748. The summed E-state index contributed by atoms with van der Waals surface area (Å²) in [5.74, 6) is -8.80. The molecule has 0 atom stereocenters. The lowest BCUT2D eigenvalue weighted by molar-refractivity contribution is -0.341. The van der Waals surface area contributed by atoms with Crippen LogP contribution in [0.25, 0.3) is 0 Å². The third kappa shape index (κ3) is 4.98. The summed E-state index contributed by atoms with van der Waals surface area (Å²) >= 11 is 0. The summed E-state index contributed by atoms with van der Waals surface area (Å²) in [6, 6.07) is 4.92. The lowest BCUT2D eigenvalue weighted by atomic mass is 10.00. The molecule has 0 saturated heterocycles. The second-order valence-corrected chi connectivity index (χ2v) is 6.84. The zero-order valence-electron chi connectivity index (χ0n) is 14.5. The molecule has 0 amide bonds. The standard InChI is InChI=1S/C17H20F2O6/c1-15(2,3)24-12(20)10-6-8-11(9-7-10)13(21)25-16(4,5)17(18,19)14(22)23/h6-9H,1-5H3,(H,22,23)/p-1. The number of aliphatic carboxylic acids is 1. The Bertz CT molecular complexity index is 671. The number of carboxylic acid groups (broad SMARTS) is 1. The van der Waals surface area contributed by atoms with Crippen LogP contribution in [0.3, 0.4) is 0 Å². The minimum atomic E-state index is -4.38. The summed E-state index contributed by atoms with van der Waals surface area (Å²) in [4.78, 5) is 34.3. The number of ether oxygens (including phenoxy) is 2. The zero-order chi connectivity index (χ0) is 19.6. The van der Waals surface area contributed by atoms with Crippen LogP contribution in [0.15, 0.2) is 24.3 Å². The lowest BCUT2D eigenvalue weighted by Crippen LogP contribution is -2.57. The van der Waals surface area contributed by atoms with Crippen LogP contribution in [0.4, 0.5) is 8.78 Å². The van der Waals surface area contributed by atoms with Gasteiger partial charge in [-0.2, -0.15) is 8.78 Å². The fourth-order valence-corrected chi connectivity index (χ4v) is 1.68. The highest BCUT2D eigenvalue weighted by molar-refractivity contribution is 5.93. The van der Waals surface area contributed by atoms with Gasteiger partial charge in [-0.15, -0.1) is 0 Å². The van der Waals surface area contributed by atoms with Crippen LogP contribution in [-0.4, -0.2) is 35.0 Å². The van der Waals surface area contributed by atoms with Crippen molar-refractivity contribution in [1.29, 1.82) is 0 Å². The molecule has 0 heterocycles. The molecule has 0 saturated carbocycles. The number of alkyl halides is 2. The molecule has 0 aliphatic heterocycles. The summed E-state index contributed by atoms with van der Waals surface area (Å²) in [6.45, 7) is 6.59. The van der Waals surface area contributed by atoms with Crippen molar-refractivity contribution in [2.24, 2.45) is 0 Å². The first-order valence-corrected chi connectivity index (χ1v) is 7.33. The Balaban J connectivity index is 2.91. The molecule has 0 N–H and O–H groups in total. The van der Waals surface area contributed by atoms with Gasteiger partial charge in [-0.3, -0.25) is 0 Å². The van der Waals surface area contributed by atoms with Crippen LogP contribution in [-0.2, 0) is 14.3 Å². The van der Waals surface area contributed by atoms with Gasteiger partial charge in [-0.25, -0.2) is 9.59 Å². The molecule has 0 bridgehead atoms. The van der Waals surface area contributed by atoms with Gasteiger partial charge in [0.2, 0.25) is 0 Å². The summed E-state index contributed by atoms with van der Waals surface area (Å²) in [7, 11) is 0. The average molecular weight is 357 g/mol. The maximum atomic E-state index is 13.5. The van der Waals surface area contributed by atoms with E-state index in [1.54, 1.807) is 20.8 Å². The molecule has 0 aliphatic rings. The van der Waals surface area contributed by atoms with Gasteiger partial charge in [0, 0.05) is 0 Å². The normalized spacial score (nSPS) is 12.4. The first-order chi connectivity index (χ1) is 11.2. The van der Waals surface area contributed by atoms with E-state index in [-0.39, 0.29) is 11.1 Å². The Hall–Kier alpha value is -2.51. The van der Waals surface area contributed by atoms with Gasteiger partial charge >= 0.3 is 17.9 Å². The molecule has 0 unspecified atom stereocenters. The van der Waals surface area contributed by atoms with Gasteiger partial charge < -0.3 is 19.4 Å². The zero-order valence-corrected chi connectivity index (χ0v) is 14.5. The van der Waals surface area contributed by atoms with Crippen LogP contribution in [0.2, 0.25) is 0 Å². The van der Waals surface area contributed by atoms with Gasteiger partial charge in [0.1, 0.15) is 11.6 Å². The fraction of sp³-hybridized carbons (Fsp3) is 0.471. The van der Waals surface area contributed by atoms with Gasteiger partial charge in [-0.1, -0.05) is 0 Å². The molecule has 1 aromatic rings. The van der Waals surface area contributed by atoms with Crippen molar-refractivity contribution in [2.45, 2.75) is 51.7 Å². The van der Waals surface area contributed by atoms with Crippen LogP contribution in [0.1, 0.15) is 55.3 Å². The van der Waals surface area contributed by atoms with Crippen molar-refractivity contribution in [2.75, 3.05) is 0 Å². The fourth-order valence-electron chi connectivity index (χ4n) is 1.68. The summed E-state index contributed by atoms with van der Waals surface area (Å²) < 4.78 is 36.8. The topological polar surface area (TPSA) is 92.7 Å². The van der Waals surface area contributed by atoms with Crippen LogP contribution in [0.5, 0.6) is 0 Å². The van der Waals surface area contributed by atoms with E-state index >= 15 is 0 Å². The van der Waals surface area contributed by atoms with Gasteiger partial charge in [-0.05, 0) is 58.9 Å². The van der Waals surface area contributed by atoms with E-state index in [0.717, 1.165) is 13.8 Å². The monoisotopic (exact) mass is 357 g/mol. The number of carbonyl (C=O) groups is 3. The summed E-state index contributed by atoms with van der Waals surface area (Å²) in [5.41, 5.74) is -3.29. The molecule has 0 radical (unpaired) electrons. The Labute approximate surface area is 143 Å². The van der Waals surface area contributed by atoms with Gasteiger partial charge in [0.15, 0.2) is 5.60 Å². The smallest absolute Gasteiger partial charge is 0.338 e. The molecule has 1 aromatic carbocycles. The van der Waals surface area contributed by atoms with E-state index in [1.165, 1.54) is 24.3 Å². The minimum Gasteiger partial charge on any atom is -0.544 e. The SMILES string of the molecule is CC(C)(C)OC(=O)c1ccc(C(=O)OC(C)(C)C(F)(F)C(=O)[O-])cc1. The number of halogens is 2. The second-order valence-electron chi connectivity index (χ2n) is 6.84. The highest BCUT2D eigenvalue weighted by Crippen LogP contribution is 2.32. The van der Waals surface area contributed by atoms with E-state index in [4.69, 9.17) is 4.74 Å². The van der Waals surface area contributed by atoms with E-state index in [1.807, 2.05) is 0 Å². The van der Waals surface area contributed by atoms with E-state index in [2.05, 4.69) is 4.74 Å². The Morgan fingerprint density at radius 1 is 0.840 bits per heavy atom. The first kappa shape index (κ1) is 20.5. The van der Waals surface area contributed by atoms with E-state index in [0.29, 0.717) is 0 Å². The predicted octanol–water partition coefficient (Wildman–Crippen LogP) is 1.96. The van der Waals surface area contributed by atoms with Crippen molar-refractivity contribution in [1.82, 2.24) is 0 Å². The first-order valence-electron chi connectivity index (χ1n) is 7.33. The molecular formula is C17H19F2O6-. The second kappa shape index (κ2) is 6.78. The largest absolute Gasteiger partial charge is 0.544 e. The number of benzene rings is 1. The molecule has 0 fully saturated rings. The van der Waals surface area contributed by atoms with Crippen LogP contribution < -0.4 is 5.11 Å². The third-order valence-corrected chi connectivity index (χ3v) is 3.12. The number of esters is 2. The van der Waals surface area contributed by atoms with Crippen LogP contribution in [0, 0.1) is 0 Å². The predicted molar refractivity (Wildman–Crippen MR) is 81.1 cm³/mol. The minimum absolute atomic E-state index is 0.130. The van der Waals surface area contributed by atoms with Gasteiger partial charge in [0.05, 0.1) is 11.1 Å². The number of hydrogen-bond acceptors (Lipinski definition) is 6. The summed E-state index contributed by atoms with van der Waals surface area (Å²) in [5, 5.41) is 10.5. The molecule has 0 spiro atoms. The molecule has 6 nitrogen and oxygen atoms in total. The molecule has 8 heteroatoms. The molecule has 0 aromatic heterocycles.